The van der Waals surface area contributed by atoms with Gasteiger partial charge in [-0.25, -0.2) is 4.68 Å². The molecule has 5 nitrogen and oxygen atoms in total. The van der Waals surface area contributed by atoms with Crippen molar-refractivity contribution in [3.8, 4) is 5.75 Å². The number of amides is 1. The quantitative estimate of drug-likeness (QED) is 0.711. The van der Waals surface area contributed by atoms with Crippen LogP contribution in [0.25, 0.3) is 0 Å². The number of nitrogens with zero attached hydrogens (tertiary/aromatic N) is 2. The predicted octanol–water partition coefficient (Wildman–Crippen LogP) is 3.85. The van der Waals surface area contributed by atoms with Crippen LogP contribution in [0.3, 0.4) is 0 Å². The highest BCUT2D eigenvalue weighted by Gasteiger charge is 2.09. The minimum atomic E-state index is -0.128. The van der Waals surface area contributed by atoms with Crippen molar-refractivity contribution >= 4 is 5.91 Å². The molecule has 0 bridgehead atoms. The Labute approximate surface area is 144 Å². The molecule has 2 rings (SSSR count). The second-order valence-corrected chi connectivity index (χ2v) is 6.10. The second-order valence-electron chi connectivity index (χ2n) is 6.10. The molecule has 1 aromatic carbocycles. The van der Waals surface area contributed by atoms with Gasteiger partial charge in [-0.2, -0.15) is 5.10 Å². The van der Waals surface area contributed by atoms with Gasteiger partial charge in [0.15, 0.2) is 6.73 Å². The molecular weight excluding hydrogens is 302 g/mol. The SMILES string of the molecule is CCCCCCNC(=O)c1ccn(COc2ccc(C)cc2C)n1. The van der Waals surface area contributed by atoms with Crippen molar-refractivity contribution in [3.63, 3.8) is 0 Å². The highest BCUT2D eigenvalue weighted by molar-refractivity contribution is 5.92. The first kappa shape index (κ1) is 18.0. The second kappa shape index (κ2) is 9.11. The van der Waals surface area contributed by atoms with Crippen LogP contribution in [0.1, 0.15) is 54.2 Å². The summed E-state index contributed by atoms with van der Waals surface area (Å²) in [5, 5.41) is 7.17. The van der Waals surface area contributed by atoms with Gasteiger partial charge in [-0.15, -0.1) is 0 Å². The van der Waals surface area contributed by atoms with E-state index in [0.29, 0.717) is 12.2 Å². The highest BCUT2D eigenvalue weighted by atomic mass is 16.5. The van der Waals surface area contributed by atoms with Gasteiger partial charge in [0.05, 0.1) is 0 Å². The van der Waals surface area contributed by atoms with E-state index < -0.39 is 0 Å². The van der Waals surface area contributed by atoms with Gasteiger partial charge < -0.3 is 10.1 Å². The van der Waals surface area contributed by atoms with Crippen molar-refractivity contribution in [1.29, 1.82) is 0 Å². The summed E-state index contributed by atoms with van der Waals surface area (Å²) in [6, 6.07) is 7.77. The van der Waals surface area contributed by atoms with Crippen molar-refractivity contribution in [2.75, 3.05) is 6.54 Å². The van der Waals surface area contributed by atoms with Crippen LogP contribution in [0.4, 0.5) is 0 Å². The van der Waals surface area contributed by atoms with Crippen molar-refractivity contribution < 1.29 is 9.53 Å². The van der Waals surface area contributed by atoms with E-state index in [-0.39, 0.29) is 12.6 Å². The minimum Gasteiger partial charge on any atom is -0.471 e. The van der Waals surface area contributed by atoms with Gasteiger partial charge in [0.25, 0.3) is 5.91 Å². The topological polar surface area (TPSA) is 56.2 Å². The van der Waals surface area contributed by atoms with E-state index in [1.165, 1.54) is 18.4 Å². The lowest BCUT2D eigenvalue weighted by atomic mass is 10.1. The lowest BCUT2D eigenvalue weighted by Gasteiger charge is -2.09. The third kappa shape index (κ3) is 5.41. The van der Waals surface area contributed by atoms with E-state index in [4.69, 9.17) is 4.74 Å². The molecule has 2 aromatic rings. The number of carbonyl (C=O) groups is 1. The number of carbonyl (C=O) groups excluding carboxylic acids is 1. The summed E-state index contributed by atoms with van der Waals surface area (Å²) in [6.07, 6.45) is 6.32. The normalized spacial score (nSPS) is 10.6. The van der Waals surface area contributed by atoms with E-state index in [9.17, 15) is 4.79 Å². The van der Waals surface area contributed by atoms with Crippen LogP contribution in [-0.2, 0) is 6.73 Å². The highest BCUT2D eigenvalue weighted by Crippen LogP contribution is 2.19. The molecular formula is C19H27N3O2. The maximum atomic E-state index is 12.0. The molecule has 0 aliphatic rings. The molecule has 130 valence electrons. The smallest absolute Gasteiger partial charge is 0.271 e. The Kier molecular flexibility index (Phi) is 6.85. The molecule has 5 heteroatoms. The third-order valence-electron chi connectivity index (χ3n) is 3.87. The zero-order valence-corrected chi connectivity index (χ0v) is 14.8. The number of benzene rings is 1. The summed E-state index contributed by atoms with van der Waals surface area (Å²) in [5.74, 6) is 0.704. The van der Waals surface area contributed by atoms with Crippen molar-refractivity contribution in [1.82, 2.24) is 15.1 Å². The lowest BCUT2D eigenvalue weighted by molar-refractivity contribution is 0.0946. The number of hydrogen-bond donors (Lipinski definition) is 1. The van der Waals surface area contributed by atoms with E-state index in [1.54, 1.807) is 16.9 Å². The van der Waals surface area contributed by atoms with Crippen molar-refractivity contribution in [2.45, 2.75) is 53.2 Å². The number of aromatic nitrogens is 2. The van der Waals surface area contributed by atoms with Gasteiger partial charge in [0.2, 0.25) is 0 Å². The lowest BCUT2D eigenvalue weighted by Crippen LogP contribution is -2.25. The predicted molar refractivity (Wildman–Crippen MR) is 95.2 cm³/mol. The van der Waals surface area contributed by atoms with Crippen LogP contribution in [0.5, 0.6) is 5.75 Å². The number of aryl methyl sites for hydroxylation is 2. The van der Waals surface area contributed by atoms with Gasteiger partial charge in [-0.05, 0) is 38.0 Å². The average Bonchev–Trinajstić information content (AvgIpc) is 3.03. The molecule has 0 radical (unpaired) electrons. The number of unbranched alkanes of at least 4 members (excludes halogenated alkanes) is 3. The largest absolute Gasteiger partial charge is 0.471 e. The van der Waals surface area contributed by atoms with E-state index >= 15 is 0 Å². The molecule has 0 spiro atoms. The summed E-state index contributed by atoms with van der Waals surface area (Å²) >= 11 is 0. The third-order valence-corrected chi connectivity index (χ3v) is 3.87. The zero-order valence-electron chi connectivity index (χ0n) is 14.8. The van der Waals surface area contributed by atoms with Crippen LogP contribution in [0.15, 0.2) is 30.5 Å². The van der Waals surface area contributed by atoms with Gasteiger partial charge >= 0.3 is 0 Å². The first-order valence-corrected chi connectivity index (χ1v) is 8.62. The molecule has 0 fully saturated rings. The molecule has 1 amide bonds. The Balaban J connectivity index is 1.81. The fourth-order valence-electron chi connectivity index (χ4n) is 2.50. The van der Waals surface area contributed by atoms with Gasteiger partial charge in [0, 0.05) is 12.7 Å². The minimum absolute atomic E-state index is 0.128. The Morgan fingerprint density at radius 1 is 1.21 bits per heavy atom. The maximum absolute atomic E-state index is 12.0. The van der Waals surface area contributed by atoms with Gasteiger partial charge in [-0.1, -0.05) is 43.9 Å². The molecule has 0 saturated carbocycles. The van der Waals surface area contributed by atoms with E-state index in [1.807, 2.05) is 19.1 Å². The molecule has 0 aliphatic carbocycles. The van der Waals surface area contributed by atoms with E-state index in [0.717, 1.165) is 24.2 Å². The standard InChI is InChI=1S/C19H27N3O2/c1-4-5-6-7-11-20-19(23)17-10-12-22(21-17)14-24-18-9-8-15(2)13-16(18)3/h8-10,12-13H,4-7,11,14H2,1-3H3,(H,20,23). The van der Waals surface area contributed by atoms with Gasteiger partial charge in [-0.3, -0.25) is 4.79 Å². The number of rotatable bonds is 9. The van der Waals surface area contributed by atoms with Crippen LogP contribution < -0.4 is 10.1 Å². The Morgan fingerprint density at radius 2 is 2.04 bits per heavy atom. The first-order valence-electron chi connectivity index (χ1n) is 8.62. The number of ether oxygens (including phenoxy) is 1. The summed E-state index contributed by atoms with van der Waals surface area (Å²) < 4.78 is 7.40. The number of nitrogens with one attached hydrogen (secondary N) is 1. The Morgan fingerprint density at radius 3 is 2.79 bits per heavy atom. The maximum Gasteiger partial charge on any atom is 0.271 e. The molecule has 24 heavy (non-hydrogen) atoms. The van der Waals surface area contributed by atoms with Crippen LogP contribution in [0, 0.1) is 13.8 Å². The van der Waals surface area contributed by atoms with Gasteiger partial charge in [0.1, 0.15) is 11.4 Å². The summed E-state index contributed by atoms with van der Waals surface area (Å²) in [4.78, 5) is 12.0. The first-order chi connectivity index (χ1) is 11.6. The van der Waals surface area contributed by atoms with Crippen LogP contribution >= 0.6 is 0 Å². The Bertz CT molecular complexity index is 664. The molecule has 0 atom stereocenters. The average molecular weight is 329 g/mol. The molecule has 0 unspecified atom stereocenters. The zero-order chi connectivity index (χ0) is 17.4. The van der Waals surface area contributed by atoms with E-state index in [2.05, 4.69) is 30.3 Å². The van der Waals surface area contributed by atoms with Crippen LogP contribution in [0.2, 0.25) is 0 Å². The summed E-state index contributed by atoms with van der Waals surface area (Å²) in [5.41, 5.74) is 2.72. The fraction of sp³-hybridized carbons (Fsp3) is 0.474. The summed E-state index contributed by atoms with van der Waals surface area (Å²) in [7, 11) is 0. The Hall–Kier alpha value is -2.30. The fourth-order valence-corrected chi connectivity index (χ4v) is 2.50. The molecule has 1 N–H and O–H groups in total. The van der Waals surface area contributed by atoms with Crippen molar-refractivity contribution in [2.24, 2.45) is 0 Å². The van der Waals surface area contributed by atoms with Crippen LogP contribution in [-0.4, -0.2) is 22.2 Å². The molecule has 0 aliphatic heterocycles. The summed E-state index contributed by atoms with van der Waals surface area (Å²) in [6.45, 7) is 7.23. The van der Waals surface area contributed by atoms with Crippen molar-refractivity contribution in [3.05, 3.63) is 47.3 Å². The number of hydrogen-bond acceptors (Lipinski definition) is 3. The molecule has 1 heterocycles. The molecule has 1 aromatic heterocycles. The molecule has 0 saturated heterocycles. The monoisotopic (exact) mass is 329 g/mol.